The maximum Gasteiger partial charge on any atom is 0.191 e. The first-order chi connectivity index (χ1) is 14.1. The molecule has 158 valence electrons. The van der Waals surface area contributed by atoms with Crippen LogP contribution in [0.5, 0.6) is 11.5 Å². The summed E-state index contributed by atoms with van der Waals surface area (Å²) in [4.78, 5) is 4.30. The molecule has 0 radical (unpaired) electrons. The lowest BCUT2D eigenvalue weighted by atomic mass is 10.1. The van der Waals surface area contributed by atoms with Gasteiger partial charge in [0.05, 0.1) is 25.5 Å². The maximum atomic E-state index is 6.30. The van der Waals surface area contributed by atoms with Crippen LogP contribution in [0.25, 0.3) is 0 Å². The van der Waals surface area contributed by atoms with Crippen LogP contribution in [0.1, 0.15) is 62.5 Å². The van der Waals surface area contributed by atoms with Crippen LogP contribution >= 0.6 is 0 Å². The van der Waals surface area contributed by atoms with Gasteiger partial charge in [0, 0.05) is 25.2 Å². The fourth-order valence-corrected chi connectivity index (χ4v) is 3.42. The summed E-state index contributed by atoms with van der Waals surface area (Å²) in [6.07, 6.45) is 4.92. The van der Waals surface area contributed by atoms with Gasteiger partial charge < -0.3 is 24.6 Å². The molecule has 1 heterocycles. The van der Waals surface area contributed by atoms with E-state index >= 15 is 0 Å². The van der Waals surface area contributed by atoms with Gasteiger partial charge in [-0.3, -0.25) is 4.99 Å². The third kappa shape index (κ3) is 5.65. The Morgan fingerprint density at radius 3 is 2.66 bits per heavy atom. The van der Waals surface area contributed by atoms with Crippen molar-refractivity contribution < 1.29 is 14.0 Å². The number of aromatic nitrogens is 1. The molecule has 0 aliphatic heterocycles. The third-order valence-electron chi connectivity index (χ3n) is 5.14. The second-order valence-electron chi connectivity index (χ2n) is 7.62. The molecule has 7 nitrogen and oxygen atoms in total. The molecule has 3 rings (SSSR count). The second kappa shape index (κ2) is 10.2. The van der Waals surface area contributed by atoms with Gasteiger partial charge in [-0.25, -0.2) is 0 Å². The summed E-state index contributed by atoms with van der Waals surface area (Å²) in [6.45, 7) is 5.28. The first-order valence-corrected chi connectivity index (χ1v) is 10.3. The van der Waals surface area contributed by atoms with E-state index in [1.54, 1.807) is 14.2 Å². The normalized spacial score (nSPS) is 15.0. The van der Waals surface area contributed by atoms with Crippen LogP contribution in [0.3, 0.4) is 0 Å². The molecule has 0 saturated heterocycles. The minimum atomic E-state index is 0.268. The molecule has 1 saturated carbocycles. The van der Waals surface area contributed by atoms with Gasteiger partial charge >= 0.3 is 0 Å². The van der Waals surface area contributed by atoms with Gasteiger partial charge in [0.1, 0.15) is 0 Å². The van der Waals surface area contributed by atoms with Crippen molar-refractivity contribution in [3.63, 3.8) is 0 Å². The average Bonchev–Trinajstić information content (AvgIpc) is 3.41. The molecule has 1 aliphatic rings. The van der Waals surface area contributed by atoms with E-state index in [0.717, 1.165) is 41.4 Å². The number of para-hydroxylation sites is 1. The molecule has 0 amide bonds. The Labute approximate surface area is 172 Å². The van der Waals surface area contributed by atoms with Crippen molar-refractivity contribution in [3.8, 4) is 11.5 Å². The Hall–Kier alpha value is -2.70. The topological polar surface area (TPSA) is 80.9 Å². The Balaban J connectivity index is 1.61. The Morgan fingerprint density at radius 2 is 2.00 bits per heavy atom. The predicted octanol–water partition coefficient (Wildman–Crippen LogP) is 3.99. The maximum absolute atomic E-state index is 6.30. The van der Waals surface area contributed by atoms with E-state index in [4.69, 9.17) is 14.0 Å². The van der Waals surface area contributed by atoms with Gasteiger partial charge in [0.2, 0.25) is 0 Å². The summed E-state index contributed by atoms with van der Waals surface area (Å²) in [5.41, 5.74) is 2.00. The van der Waals surface area contributed by atoms with Crippen LogP contribution in [0.4, 0.5) is 0 Å². The smallest absolute Gasteiger partial charge is 0.191 e. The fourth-order valence-electron chi connectivity index (χ4n) is 3.42. The Bertz CT molecular complexity index is 810. The van der Waals surface area contributed by atoms with E-state index in [9.17, 15) is 0 Å². The van der Waals surface area contributed by atoms with E-state index in [0.29, 0.717) is 25.0 Å². The lowest BCUT2D eigenvalue weighted by Crippen LogP contribution is -2.36. The van der Waals surface area contributed by atoms with Crippen molar-refractivity contribution in [2.75, 3.05) is 14.2 Å². The van der Waals surface area contributed by atoms with Gasteiger partial charge in [-0.15, -0.1) is 0 Å². The fraction of sp³-hybridized carbons (Fsp3) is 0.545. The van der Waals surface area contributed by atoms with Crippen molar-refractivity contribution >= 4 is 5.96 Å². The van der Waals surface area contributed by atoms with E-state index in [1.165, 1.54) is 12.8 Å². The minimum absolute atomic E-state index is 0.268. The monoisotopic (exact) mass is 400 g/mol. The van der Waals surface area contributed by atoms with Crippen LogP contribution in [0.15, 0.2) is 33.8 Å². The lowest BCUT2D eigenvalue weighted by molar-refractivity contribution is 0.198. The summed E-state index contributed by atoms with van der Waals surface area (Å²) in [5.74, 6) is 3.39. The van der Waals surface area contributed by atoms with Crippen LogP contribution in [-0.4, -0.2) is 31.4 Å². The number of ether oxygens (including phenoxy) is 2. The number of guanidine groups is 1. The number of aliphatic imine (C=N–C) groups is 1. The molecule has 29 heavy (non-hydrogen) atoms. The number of hydrogen-bond acceptors (Lipinski definition) is 5. The number of benzene rings is 1. The standard InChI is InChI=1S/C22H32N4O3/c1-15(2)19-12-18(29-26-19)14-25-22(23-3)24-13-16-8-7-11-20(27-4)21(16)28-17-9-5-6-10-17/h7-8,11-12,15,17H,5-6,9-10,13-14H2,1-4H3,(H2,23,24,25). The van der Waals surface area contributed by atoms with Gasteiger partial charge in [-0.2, -0.15) is 0 Å². The molecule has 2 aromatic rings. The van der Waals surface area contributed by atoms with Crippen molar-refractivity contribution in [1.29, 1.82) is 0 Å². The number of rotatable bonds is 8. The summed E-state index contributed by atoms with van der Waals surface area (Å²) in [7, 11) is 3.42. The zero-order valence-corrected chi connectivity index (χ0v) is 17.8. The first kappa shape index (κ1) is 21.0. The number of methoxy groups -OCH3 is 1. The molecule has 7 heteroatoms. The molecule has 0 atom stereocenters. The van der Waals surface area contributed by atoms with Crippen molar-refractivity contribution in [3.05, 3.63) is 41.3 Å². The highest BCUT2D eigenvalue weighted by molar-refractivity contribution is 5.79. The lowest BCUT2D eigenvalue weighted by Gasteiger charge is -2.20. The molecule has 0 spiro atoms. The second-order valence-corrected chi connectivity index (χ2v) is 7.62. The predicted molar refractivity (Wildman–Crippen MR) is 114 cm³/mol. The van der Waals surface area contributed by atoms with Gasteiger partial charge in [-0.05, 0) is 37.7 Å². The molecule has 1 aromatic heterocycles. The third-order valence-corrected chi connectivity index (χ3v) is 5.14. The van der Waals surface area contributed by atoms with Crippen LogP contribution in [-0.2, 0) is 13.1 Å². The highest BCUT2D eigenvalue weighted by Crippen LogP contribution is 2.34. The first-order valence-electron chi connectivity index (χ1n) is 10.3. The quantitative estimate of drug-likeness (QED) is 0.515. The van der Waals surface area contributed by atoms with Crippen LogP contribution in [0, 0.1) is 0 Å². The molecule has 0 bridgehead atoms. The van der Waals surface area contributed by atoms with E-state index in [1.807, 2.05) is 18.2 Å². The summed E-state index contributed by atoms with van der Waals surface area (Å²) in [6, 6.07) is 7.95. The van der Waals surface area contributed by atoms with Crippen LogP contribution < -0.4 is 20.1 Å². The van der Waals surface area contributed by atoms with Gasteiger partial charge in [0.15, 0.2) is 23.2 Å². The summed E-state index contributed by atoms with van der Waals surface area (Å²) >= 11 is 0. The average molecular weight is 401 g/mol. The molecular weight excluding hydrogens is 368 g/mol. The van der Waals surface area contributed by atoms with Crippen LogP contribution in [0.2, 0.25) is 0 Å². The summed E-state index contributed by atoms with van der Waals surface area (Å²) in [5, 5.41) is 10.7. The van der Waals surface area contributed by atoms with Crippen molar-refractivity contribution in [2.24, 2.45) is 4.99 Å². The zero-order chi connectivity index (χ0) is 20.6. The molecule has 0 unspecified atom stereocenters. The number of nitrogens with one attached hydrogen (secondary N) is 2. The summed E-state index contributed by atoms with van der Waals surface area (Å²) < 4.78 is 17.2. The Morgan fingerprint density at radius 1 is 1.24 bits per heavy atom. The van der Waals surface area contributed by atoms with Crippen molar-refractivity contribution in [2.45, 2.75) is 64.6 Å². The minimum Gasteiger partial charge on any atom is -0.493 e. The van der Waals surface area contributed by atoms with E-state index in [-0.39, 0.29) is 6.10 Å². The largest absolute Gasteiger partial charge is 0.493 e. The highest BCUT2D eigenvalue weighted by atomic mass is 16.5. The zero-order valence-electron chi connectivity index (χ0n) is 17.8. The van der Waals surface area contributed by atoms with Gasteiger partial charge in [0.25, 0.3) is 0 Å². The molecular formula is C22H32N4O3. The molecule has 1 aromatic carbocycles. The number of hydrogen-bond donors (Lipinski definition) is 2. The Kier molecular flexibility index (Phi) is 7.38. The van der Waals surface area contributed by atoms with Crippen molar-refractivity contribution in [1.82, 2.24) is 15.8 Å². The molecule has 1 aliphatic carbocycles. The number of nitrogens with zero attached hydrogens (tertiary/aromatic N) is 2. The highest BCUT2D eigenvalue weighted by Gasteiger charge is 2.20. The van der Waals surface area contributed by atoms with E-state index in [2.05, 4.69) is 40.7 Å². The SMILES string of the molecule is CN=C(NCc1cc(C(C)C)no1)NCc1cccc(OC)c1OC1CCCC1. The molecule has 1 fully saturated rings. The van der Waals surface area contributed by atoms with E-state index < -0.39 is 0 Å². The molecule has 2 N–H and O–H groups in total. The van der Waals surface area contributed by atoms with Gasteiger partial charge in [-0.1, -0.05) is 31.1 Å².